The Balaban J connectivity index is 1.95. The lowest BCUT2D eigenvalue weighted by Gasteiger charge is -2.34. The minimum absolute atomic E-state index is 0.137. The molecule has 7 nitrogen and oxygen atoms in total. The van der Waals surface area contributed by atoms with E-state index in [0.29, 0.717) is 18.0 Å². The second kappa shape index (κ2) is 8.00. The molecule has 1 amide bonds. The lowest BCUT2D eigenvalue weighted by molar-refractivity contribution is -0.121. The van der Waals surface area contributed by atoms with Crippen molar-refractivity contribution in [2.45, 2.75) is 43.5 Å². The molecule has 8 heteroatoms. The lowest BCUT2D eigenvalue weighted by atomic mass is 10.1. The predicted octanol–water partition coefficient (Wildman–Crippen LogP) is 1.49. The number of aryl methyl sites for hydroxylation is 1. The highest BCUT2D eigenvalue weighted by atomic mass is 32.2. The van der Waals surface area contributed by atoms with Crippen molar-refractivity contribution in [3.05, 3.63) is 30.0 Å². The number of carbonyl (C=O) groups excluding carboxylic acids is 1. The molecule has 1 atom stereocenters. The van der Waals surface area contributed by atoms with Gasteiger partial charge < -0.3 is 15.6 Å². The summed E-state index contributed by atoms with van der Waals surface area (Å²) in [7, 11) is -1.78. The van der Waals surface area contributed by atoms with E-state index in [2.05, 4.69) is 5.32 Å². The summed E-state index contributed by atoms with van der Waals surface area (Å²) in [5, 5.41) is 3.58. The fourth-order valence-corrected chi connectivity index (χ4v) is 6.01. The van der Waals surface area contributed by atoms with E-state index in [1.54, 1.807) is 4.31 Å². The average molecular weight is 393 g/mol. The topological polar surface area (TPSA) is 97.4 Å². The van der Waals surface area contributed by atoms with Crippen LogP contribution in [0.2, 0.25) is 0 Å². The van der Waals surface area contributed by atoms with Gasteiger partial charge in [0, 0.05) is 55.7 Å². The largest absolute Gasteiger partial charge is 0.354 e. The van der Waals surface area contributed by atoms with E-state index in [4.69, 9.17) is 5.73 Å². The standard InChI is InChI=1S/C19H28N4O3S/c1-14-19(16-8-3-4-9-17(16)22(14)2)27(25,26)23-12-6-5-7-15(23)13-21-18(24)10-11-20/h3-4,8-9,15H,5-7,10-13,20H2,1-2H3,(H,21,24). The number of sulfonamides is 1. The van der Waals surface area contributed by atoms with Crippen LogP contribution in [0.25, 0.3) is 10.9 Å². The zero-order valence-electron chi connectivity index (χ0n) is 15.9. The number of fused-ring (bicyclic) bond motifs is 1. The highest BCUT2D eigenvalue weighted by Gasteiger charge is 2.36. The zero-order valence-corrected chi connectivity index (χ0v) is 16.8. The summed E-state index contributed by atoms with van der Waals surface area (Å²) in [6, 6.07) is 7.33. The van der Waals surface area contributed by atoms with Crippen LogP contribution in [-0.4, -0.2) is 48.9 Å². The summed E-state index contributed by atoms with van der Waals surface area (Å²) in [5.74, 6) is -0.137. The van der Waals surface area contributed by atoms with E-state index < -0.39 is 10.0 Å². The number of nitrogens with zero attached hydrogens (tertiary/aromatic N) is 2. The van der Waals surface area contributed by atoms with Crippen molar-refractivity contribution in [2.24, 2.45) is 12.8 Å². The van der Waals surface area contributed by atoms with Gasteiger partial charge in [0.2, 0.25) is 15.9 Å². The van der Waals surface area contributed by atoms with Crippen LogP contribution >= 0.6 is 0 Å². The van der Waals surface area contributed by atoms with E-state index in [0.717, 1.165) is 35.9 Å². The van der Waals surface area contributed by atoms with Gasteiger partial charge in [-0.1, -0.05) is 24.6 Å². The first-order valence-corrected chi connectivity index (χ1v) is 10.8. The molecule has 0 aliphatic carbocycles. The first-order valence-electron chi connectivity index (χ1n) is 9.40. The van der Waals surface area contributed by atoms with Crippen LogP contribution in [0.3, 0.4) is 0 Å². The molecule has 0 radical (unpaired) electrons. The molecule has 1 aliphatic rings. The van der Waals surface area contributed by atoms with E-state index in [-0.39, 0.29) is 24.9 Å². The molecule has 3 N–H and O–H groups in total. The highest BCUT2D eigenvalue weighted by molar-refractivity contribution is 7.89. The van der Waals surface area contributed by atoms with Gasteiger partial charge in [-0.2, -0.15) is 4.31 Å². The number of nitrogens with two attached hydrogens (primary N) is 1. The van der Waals surface area contributed by atoms with Gasteiger partial charge in [-0.3, -0.25) is 4.79 Å². The third kappa shape index (κ3) is 3.74. The molecule has 1 aliphatic heterocycles. The molecule has 1 saturated heterocycles. The van der Waals surface area contributed by atoms with Crippen LogP contribution < -0.4 is 11.1 Å². The fourth-order valence-electron chi connectivity index (χ4n) is 3.87. The van der Waals surface area contributed by atoms with E-state index >= 15 is 0 Å². The minimum Gasteiger partial charge on any atom is -0.354 e. The summed E-state index contributed by atoms with van der Waals surface area (Å²) in [6.07, 6.45) is 2.78. The third-order valence-corrected chi connectivity index (χ3v) is 7.52. The number of amides is 1. The van der Waals surface area contributed by atoms with Crippen molar-refractivity contribution in [1.29, 1.82) is 0 Å². The maximum absolute atomic E-state index is 13.6. The van der Waals surface area contributed by atoms with Crippen molar-refractivity contribution in [2.75, 3.05) is 19.6 Å². The molecule has 1 aromatic carbocycles. The molecule has 1 fully saturated rings. The van der Waals surface area contributed by atoms with Gasteiger partial charge in [0.1, 0.15) is 4.90 Å². The third-order valence-electron chi connectivity index (χ3n) is 5.39. The Morgan fingerprint density at radius 1 is 1.30 bits per heavy atom. The molecule has 0 saturated carbocycles. The smallest absolute Gasteiger partial charge is 0.245 e. The van der Waals surface area contributed by atoms with Crippen molar-refractivity contribution >= 4 is 26.8 Å². The molecular weight excluding hydrogens is 364 g/mol. The molecule has 1 unspecified atom stereocenters. The van der Waals surface area contributed by atoms with E-state index in [1.165, 1.54) is 0 Å². The molecule has 2 heterocycles. The Labute approximate surface area is 160 Å². The number of nitrogens with one attached hydrogen (secondary N) is 1. The fraction of sp³-hybridized carbons (Fsp3) is 0.526. The summed E-state index contributed by atoms with van der Waals surface area (Å²) < 4.78 is 30.7. The van der Waals surface area contributed by atoms with Crippen molar-refractivity contribution < 1.29 is 13.2 Å². The first-order chi connectivity index (χ1) is 12.9. The van der Waals surface area contributed by atoms with Crippen molar-refractivity contribution in [1.82, 2.24) is 14.2 Å². The first kappa shape index (κ1) is 19.9. The van der Waals surface area contributed by atoms with E-state index in [1.807, 2.05) is 42.8 Å². The van der Waals surface area contributed by atoms with Crippen molar-refractivity contribution in [3.8, 4) is 0 Å². The van der Waals surface area contributed by atoms with Crippen LogP contribution in [0.15, 0.2) is 29.2 Å². The molecule has 1 aromatic heterocycles. The lowest BCUT2D eigenvalue weighted by Crippen LogP contribution is -2.49. The number of para-hydroxylation sites is 1. The van der Waals surface area contributed by atoms with Gasteiger partial charge >= 0.3 is 0 Å². The molecule has 3 rings (SSSR count). The normalized spacial score (nSPS) is 18.7. The second-order valence-electron chi connectivity index (χ2n) is 7.10. The molecule has 148 valence electrons. The minimum atomic E-state index is -3.67. The number of piperidine rings is 1. The number of carbonyl (C=O) groups is 1. The monoisotopic (exact) mass is 392 g/mol. The van der Waals surface area contributed by atoms with Crippen molar-refractivity contribution in [3.63, 3.8) is 0 Å². The van der Waals surface area contributed by atoms with Crippen LogP contribution in [0, 0.1) is 6.92 Å². The molecular formula is C19H28N4O3S. The molecule has 0 bridgehead atoms. The number of aromatic nitrogens is 1. The van der Waals surface area contributed by atoms with Gasteiger partial charge in [-0.15, -0.1) is 0 Å². The molecule has 2 aromatic rings. The Bertz CT molecular complexity index is 936. The Hall–Kier alpha value is -1.90. The maximum Gasteiger partial charge on any atom is 0.245 e. The molecule has 0 spiro atoms. The van der Waals surface area contributed by atoms with Crippen LogP contribution in [-0.2, 0) is 21.9 Å². The maximum atomic E-state index is 13.6. The number of rotatable bonds is 6. The summed E-state index contributed by atoms with van der Waals surface area (Å²) in [5.41, 5.74) is 7.04. The van der Waals surface area contributed by atoms with E-state index in [9.17, 15) is 13.2 Å². The predicted molar refractivity (Wildman–Crippen MR) is 106 cm³/mol. The number of hydrogen-bond donors (Lipinski definition) is 2. The summed E-state index contributed by atoms with van der Waals surface area (Å²) >= 11 is 0. The average Bonchev–Trinajstić information content (AvgIpc) is 2.92. The zero-order chi connectivity index (χ0) is 19.6. The SMILES string of the molecule is Cc1c(S(=O)(=O)N2CCCCC2CNC(=O)CCN)c2ccccc2n1C. The highest BCUT2D eigenvalue weighted by Crippen LogP contribution is 2.33. The Morgan fingerprint density at radius 2 is 2.04 bits per heavy atom. The van der Waals surface area contributed by atoms with Crippen LogP contribution in [0.4, 0.5) is 0 Å². The van der Waals surface area contributed by atoms with Gasteiger partial charge in [-0.05, 0) is 25.8 Å². The number of hydrogen-bond acceptors (Lipinski definition) is 4. The van der Waals surface area contributed by atoms with Crippen LogP contribution in [0.5, 0.6) is 0 Å². The second-order valence-corrected chi connectivity index (χ2v) is 8.93. The summed E-state index contributed by atoms with van der Waals surface area (Å²) in [4.78, 5) is 12.2. The van der Waals surface area contributed by atoms with Gasteiger partial charge in [0.05, 0.1) is 0 Å². The molecule has 27 heavy (non-hydrogen) atoms. The Kier molecular flexibility index (Phi) is 5.88. The Morgan fingerprint density at radius 3 is 2.78 bits per heavy atom. The number of benzene rings is 1. The summed E-state index contributed by atoms with van der Waals surface area (Å²) in [6.45, 7) is 2.92. The quantitative estimate of drug-likeness (QED) is 0.778. The van der Waals surface area contributed by atoms with Gasteiger partial charge in [0.15, 0.2) is 0 Å². The van der Waals surface area contributed by atoms with Crippen LogP contribution in [0.1, 0.15) is 31.4 Å². The van der Waals surface area contributed by atoms with Gasteiger partial charge in [0.25, 0.3) is 0 Å². The van der Waals surface area contributed by atoms with Gasteiger partial charge in [-0.25, -0.2) is 8.42 Å².